The Labute approximate surface area is 160 Å². The zero-order chi connectivity index (χ0) is 19.6. The largest absolute Gasteiger partial charge is 0.433 e. The lowest BCUT2D eigenvalue weighted by Gasteiger charge is -2.30. The van der Waals surface area contributed by atoms with Gasteiger partial charge in [-0.3, -0.25) is 4.68 Å². The highest BCUT2D eigenvalue weighted by Crippen LogP contribution is 2.36. The van der Waals surface area contributed by atoms with Crippen LogP contribution in [0.5, 0.6) is 0 Å². The van der Waals surface area contributed by atoms with Gasteiger partial charge in [-0.15, -0.1) is 0 Å². The molecular weight excluding hydrogens is 381 g/mol. The van der Waals surface area contributed by atoms with Gasteiger partial charge in [0.2, 0.25) is 0 Å². The average Bonchev–Trinajstić information content (AvgIpc) is 2.99. The third-order valence-corrected chi connectivity index (χ3v) is 5.27. The molecule has 0 bridgehead atoms. The fourth-order valence-electron chi connectivity index (χ4n) is 3.62. The van der Waals surface area contributed by atoms with Crippen LogP contribution in [0.1, 0.15) is 37.8 Å². The Hall–Kier alpha value is -1.80. The lowest BCUT2D eigenvalue weighted by molar-refractivity contribution is -0.143. The van der Waals surface area contributed by atoms with Crippen LogP contribution in [0, 0.1) is 5.92 Å². The Morgan fingerprint density at radius 3 is 2.56 bits per heavy atom. The lowest BCUT2D eigenvalue weighted by atomic mass is 9.84. The summed E-state index contributed by atoms with van der Waals surface area (Å²) in [6, 6.07) is 2.84. The van der Waals surface area contributed by atoms with Gasteiger partial charge < -0.3 is 10.4 Å². The molecule has 0 aliphatic heterocycles. The minimum absolute atomic E-state index is 0.197. The van der Waals surface area contributed by atoms with Crippen molar-refractivity contribution in [1.82, 2.24) is 14.8 Å². The van der Waals surface area contributed by atoms with Crippen molar-refractivity contribution >= 4 is 17.3 Å². The summed E-state index contributed by atoms with van der Waals surface area (Å²) in [5.74, 6) is 0.527. The second kappa shape index (κ2) is 8.06. The lowest BCUT2D eigenvalue weighted by Crippen LogP contribution is -2.26. The number of alkyl halides is 3. The minimum atomic E-state index is -4.47. The molecule has 1 saturated carbocycles. The summed E-state index contributed by atoms with van der Waals surface area (Å²) in [5, 5.41) is 16.7. The van der Waals surface area contributed by atoms with Gasteiger partial charge in [-0.1, -0.05) is 11.6 Å². The van der Waals surface area contributed by atoms with E-state index < -0.39 is 11.9 Å². The molecule has 1 aliphatic carbocycles. The van der Waals surface area contributed by atoms with Crippen molar-refractivity contribution in [2.45, 2.75) is 44.3 Å². The van der Waals surface area contributed by atoms with Crippen molar-refractivity contribution in [1.29, 1.82) is 0 Å². The van der Waals surface area contributed by atoms with Crippen LogP contribution in [0.4, 0.5) is 18.9 Å². The molecule has 0 atom stereocenters. The van der Waals surface area contributed by atoms with Crippen molar-refractivity contribution < 1.29 is 18.3 Å². The Morgan fingerprint density at radius 2 is 1.96 bits per heavy atom. The molecule has 9 heteroatoms. The first-order chi connectivity index (χ1) is 12.8. The number of nitrogens with zero attached hydrogens (tertiary/aromatic N) is 3. The van der Waals surface area contributed by atoms with Gasteiger partial charge in [0.1, 0.15) is 10.8 Å². The van der Waals surface area contributed by atoms with Gasteiger partial charge in [-0.25, -0.2) is 4.98 Å². The maximum atomic E-state index is 13.1. The zero-order valence-corrected chi connectivity index (χ0v) is 15.7. The van der Waals surface area contributed by atoms with Crippen molar-refractivity contribution in [3.63, 3.8) is 0 Å². The average molecular weight is 403 g/mol. The van der Waals surface area contributed by atoms with Gasteiger partial charge in [-0.2, -0.15) is 18.3 Å². The molecule has 0 unspecified atom stereocenters. The van der Waals surface area contributed by atoms with Gasteiger partial charge in [0.15, 0.2) is 0 Å². The van der Waals surface area contributed by atoms with E-state index in [1.165, 1.54) is 13.2 Å². The predicted octanol–water partition coefficient (Wildman–Crippen LogP) is 4.51. The first kappa shape index (κ1) is 19.9. The van der Waals surface area contributed by atoms with Crippen LogP contribution in [0.2, 0.25) is 5.15 Å². The summed E-state index contributed by atoms with van der Waals surface area (Å²) in [6.45, 7) is 0.202. The Bertz CT molecular complexity index is 785. The molecule has 0 aromatic carbocycles. The highest BCUT2D eigenvalue weighted by Gasteiger charge is 2.35. The summed E-state index contributed by atoms with van der Waals surface area (Å²) in [6.07, 6.45) is 1.67. The molecule has 5 nitrogen and oxygen atoms in total. The highest BCUT2D eigenvalue weighted by atomic mass is 35.5. The molecule has 1 aliphatic rings. The fraction of sp³-hybridized carbons (Fsp3) is 0.556. The van der Waals surface area contributed by atoms with Crippen LogP contribution in [0.3, 0.4) is 0 Å². The molecule has 2 N–H and O–H groups in total. The van der Waals surface area contributed by atoms with Crippen LogP contribution < -0.4 is 5.32 Å². The number of nitrogens with one attached hydrogen (secondary N) is 1. The second-order valence-electron chi connectivity index (χ2n) is 6.96. The van der Waals surface area contributed by atoms with Crippen LogP contribution in [-0.2, 0) is 13.2 Å². The van der Waals surface area contributed by atoms with E-state index >= 15 is 0 Å². The molecule has 27 heavy (non-hydrogen) atoms. The number of hydrogen-bond donors (Lipinski definition) is 2. The van der Waals surface area contributed by atoms with E-state index in [9.17, 15) is 13.2 Å². The van der Waals surface area contributed by atoms with Crippen molar-refractivity contribution in [3.05, 3.63) is 29.2 Å². The summed E-state index contributed by atoms with van der Waals surface area (Å²) in [7, 11) is 1.27. The van der Waals surface area contributed by atoms with E-state index in [0.29, 0.717) is 17.2 Å². The number of aryl methyl sites for hydroxylation is 1. The third-order valence-electron chi connectivity index (χ3n) is 5.06. The zero-order valence-electron chi connectivity index (χ0n) is 14.9. The standard InChI is InChI=1S/C18H22ClF3N4O/c1-26-16(18(20,21)22)8-15(25-26)13-10-23-17(19)9-14(13)24-12-4-2-11(3-5-12)6-7-27/h8-12,27H,2-7H2,1H3,(H,23,24). The quantitative estimate of drug-likeness (QED) is 0.722. The molecule has 2 heterocycles. The molecule has 0 amide bonds. The van der Waals surface area contributed by atoms with Crippen molar-refractivity contribution in [2.75, 3.05) is 11.9 Å². The first-order valence-electron chi connectivity index (χ1n) is 8.92. The fourth-order valence-corrected chi connectivity index (χ4v) is 3.77. The number of aliphatic hydroxyl groups is 1. The molecule has 0 radical (unpaired) electrons. The van der Waals surface area contributed by atoms with E-state index in [0.717, 1.165) is 42.9 Å². The Balaban J connectivity index is 1.82. The van der Waals surface area contributed by atoms with E-state index in [-0.39, 0.29) is 23.5 Å². The molecular formula is C18H22ClF3N4O. The normalized spacial score (nSPS) is 20.7. The number of aliphatic hydroxyl groups excluding tert-OH is 1. The molecule has 2 aromatic heterocycles. The van der Waals surface area contributed by atoms with E-state index in [4.69, 9.17) is 16.7 Å². The molecule has 0 saturated heterocycles. The minimum Gasteiger partial charge on any atom is -0.396 e. The monoisotopic (exact) mass is 402 g/mol. The van der Waals surface area contributed by atoms with Crippen molar-refractivity contribution in [3.8, 4) is 11.3 Å². The molecule has 2 aromatic rings. The molecule has 148 valence electrons. The summed E-state index contributed by atoms with van der Waals surface area (Å²) in [5.41, 5.74) is 0.504. The van der Waals surface area contributed by atoms with Gasteiger partial charge in [0.05, 0.1) is 5.69 Å². The van der Waals surface area contributed by atoms with Gasteiger partial charge in [0.25, 0.3) is 0 Å². The summed E-state index contributed by atoms with van der Waals surface area (Å²) >= 11 is 6.01. The van der Waals surface area contributed by atoms with Crippen molar-refractivity contribution in [2.24, 2.45) is 13.0 Å². The number of aromatic nitrogens is 3. The van der Waals surface area contributed by atoms with Crippen LogP contribution in [0.25, 0.3) is 11.3 Å². The summed E-state index contributed by atoms with van der Waals surface area (Å²) in [4.78, 5) is 4.01. The molecule has 0 spiro atoms. The number of halogens is 4. The van der Waals surface area contributed by atoms with Gasteiger partial charge in [0, 0.05) is 37.1 Å². The second-order valence-corrected chi connectivity index (χ2v) is 7.35. The van der Waals surface area contributed by atoms with Crippen LogP contribution in [-0.4, -0.2) is 32.5 Å². The Morgan fingerprint density at radius 1 is 1.26 bits per heavy atom. The maximum Gasteiger partial charge on any atom is 0.433 e. The third kappa shape index (κ3) is 4.73. The number of hydrogen-bond acceptors (Lipinski definition) is 4. The molecule has 1 fully saturated rings. The number of pyridine rings is 1. The van der Waals surface area contributed by atoms with Gasteiger partial charge in [-0.05, 0) is 50.2 Å². The van der Waals surface area contributed by atoms with E-state index in [2.05, 4.69) is 15.4 Å². The predicted molar refractivity (Wildman–Crippen MR) is 97.5 cm³/mol. The van der Waals surface area contributed by atoms with Crippen LogP contribution >= 0.6 is 11.6 Å². The Kier molecular flexibility index (Phi) is 5.95. The van der Waals surface area contributed by atoms with E-state index in [1.54, 1.807) is 6.07 Å². The molecule has 3 rings (SSSR count). The highest BCUT2D eigenvalue weighted by molar-refractivity contribution is 6.29. The maximum absolute atomic E-state index is 13.1. The number of rotatable bonds is 5. The topological polar surface area (TPSA) is 63.0 Å². The van der Waals surface area contributed by atoms with Crippen LogP contribution in [0.15, 0.2) is 18.3 Å². The van der Waals surface area contributed by atoms with E-state index in [1.807, 2.05) is 0 Å². The SMILES string of the molecule is Cn1nc(-c2cnc(Cl)cc2NC2CCC(CCO)CC2)cc1C(F)(F)F. The first-order valence-corrected chi connectivity index (χ1v) is 9.30. The smallest absolute Gasteiger partial charge is 0.396 e. The number of anilines is 1. The van der Waals surface area contributed by atoms with Gasteiger partial charge >= 0.3 is 6.18 Å². The summed E-state index contributed by atoms with van der Waals surface area (Å²) < 4.78 is 40.1.